The molecule has 2 nitrogen and oxygen atoms in total. The van der Waals surface area contributed by atoms with Gasteiger partial charge in [-0.25, -0.2) is 13.2 Å². The highest BCUT2D eigenvalue weighted by atomic mass is 19.1. The summed E-state index contributed by atoms with van der Waals surface area (Å²) in [7, 11) is 0. The first-order valence-electron chi connectivity index (χ1n) is 4.32. The van der Waals surface area contributed by atoms with E-state index in [0.29, 0.717) is 12.1 Å². The van der Waals surface area contributed by atoms with E-state index < -0.39 is 23.1 Å². The fourth-order valence-corrected chi connectivity index (χ4v) is 1.01. The third-order valence-corrected chi connectivity index (χ3v) is 1.81. The number of rotatable bonds is 3. The molecule has 0 amide bonds. The highest BCUT2D eigenvalue weighted by Gasteiger charge is 2.11. The lowest BCUT2D eigenvalue weighted by Gasteiger charge is -2.09. The van der Waals surface area contributed by atoms with Gasteiger partial charge in [0.25, 0.3) is 0 Å². The topological polar surface area (TPSA) is 35.8 Å². The summed E-state index contributed by atoms with van der Waals surface area (Å²) in [5.41, 5.74) is -0.404. The van der Waals surface area contributed by atoms with Gasteiger partial charge in [-0.15, -0.1) is 0 Å². The maximum Gasteiger partial charge on any atom is 0.152 e. The van der Waals surface area contributed by atoms with Crippen molar-refractivity contribution >= 4 is 5.69 Å². The largest absolute Gasteiger partial charge is 0.379 e. The van der Waals surface area contributed by atoms with Crippen LogP contribution >= 0.6 is 0 Å². The first kappa shape index (κ1) is 11.4. The van der Waals surface area contributed by atoms with Crippen LogP contribution in [-0.2, 0) is 0 Å². The first-order chi connectivity index (χ1) is 7.04. The smallest absolute Gasteiger partial charge is 0.152 e. The summed E-state index contributed by atoms with van der Waals surface area (Å²) in [5, 5.41) is 10.9. The molecule has 0 radical (unpaired) electrons. The predicted octanol–water partition coefficient (Wildman–Crippen LogP) is 2.68. The molecule has 5 heteroatoms. The molecule has 1 aromatic carbocycles. The second-order valence-corrected chi connectivity index (χ2v) is 3.16. The van der Waals surface area contributed by atoms with Gasteiger partial charge < -0.3 is 5.32 Å². The Bertz CT molecular complexity index is 375. The summed E-state index contributed by atoms with van der Waals surface area (Å²) >= 11 is 0. The third-order valence-electron chi connectivity index (χ3n) is 1.81. The van der Waals surface area contributed by atoms with Gasteiger partial charge >= 0.3 is 0 Å². The van der Waals surface area contributed by atoms with Crippen LogP contribution in [0, 0.1) is 34.7 Å². The van der Waals surface area contributed by atoms with Crippen LogP contribution in [-0.4, -0.2) is 6.54 Å². The standard InChI is InChI=1S/C10H9F3N2/c1-6(4-14)5-15-10-8(12)2-7(11)3-9(10)13/h2-3,6,15H,5H2,1H3. The summed E-state index contributed by atoms with van der Waals surface area (Å²) in [6, 6.07) is 3.08. The van der Waals surface area contributed by atoms with Crippen molar-refractivity contribution in [3.63, 3.8) is 0 Å². The summed E-state index contributed by atoms with van der Waals surface area (Å²) in [6.45, 7) is 1.71. The van der Waals surface area contributed by atoms with Crippen LogP contribution in [0.15, 0.2) is 12.1 Å². The maximum absolute atomic E-state index is 13.0. The van der Waals surface area contributed by atoms with Gasteiger partial charge in [0.05, 0.1) is 12.0 Å². The lowest BCUT2D eigenvalue weighted by atomic mass is 10.2. The Labute approximate surface area is 85.3 Å². The molecule has 0 heterocycles. The lowest BCUT2D eigenvalue weighted by Crippen LogP contribution is -2.12. The van der Waals surface area contributed by atoms with E-state index in [9.17, 15) is 13.2 Å². The van der Waals surface area contributed by atoms with E-state index in [1.54, 1.807) is 6.92 Å². The van der Waals surface area contributed by atoms with Gasteiger partial charge in [0.1, 0.15) is 11.5 Å². The number of nitrogens with zero attached hydrogens (tertiary/aromatic N) is 1. The Balaban J connectivity index is 2.82. The van der Waals surface area contributed by atoms with Crippen LogP contribution in [0.2, 0.25) is 0 Å². The zero-order valence-corrected chi connectivity index (χ0v) is 8.02. The molecule has 0 saturated heterocycles. The van der Waals surface area contributed by atoms with Crippen molar-refractivity contribution in [2.75, 3.05) is 11.9 Å². The molecule has 0 saturated carbocycles. The maximum atomic E-state index is 13.0. The van der Waals surface area contributed by atoms with Crippen LogP contribution < -0.4 is 5.32 Å². The quantitative estimate of drug-likeness (QED) is 0.839. The van der Waals surface area contributed by atoms with Gasteiger partial charge in [-0.1, -0.05) is 0 Å². The van der Waals surface area contributed by atoms with Gasteiger partial charge in [0.15, 0.2) is 11.6 Å². The van der Waals surface area contributed by atoms with Crippen LogP contribution in [0.5, 0.6) is 0 Å². The molecule has 0 bridgehead atoms. The molecule has 1 unspecified atom stereocenters. The van der Waals surface area contributed by atoms with E-state index in [-0.39, 0.29) is 12.5 Å². The highest BCUT2D eigenvalue weighted by molar-refractivity contribution is 5.46. The SMILES string of the molecule is CC(C#N)CNc1c(F)cc(F)cc1F. The van der Waals surface area contributed by atoms with Crippen LogP contribution in [0.4, 0.5) is 18.9 Å². The Morgan fingerprint density at radius 2 is 1.87 bits per heavy atom. The zero-order valence-electron chi connectivity index (χ0n) is 8.02. The molecule has 0 fully saturated rings. The van der Waals surface area contributed by atoms with E-state index >= 15 is 0 Å². The van der Waals surface area contributed by atoms with Crippen LogP contribution in [0.1, 0.15) is 6.92 Å². The number of nitriles is 1. The van der Waals surface area contributed by atoms with Crippen molar-refractivity contribution in [1.29, 1.82) is 5.26 Å². The summed E-state index contributed by atoms with van der Waals surface area (Å²) in [4.78, 5) is 0. The average molecular weight is 214 g/mol. The minimum absolute atomic E-state index is 0.107. The minimum atomic E-state index is -1.00. The Kier molecular flexibility index (Phi) is 3.56. The third kappa shape index (κ3) is 2.88. The van der Waals surface area contributed by atoms with Gasteiger partial charge in [-0.2, -0.15) is 5.26 Å². The van der Waals surface area contributed by atoms with Crippen LogP contribution in [0.25, 0.3) is 0 Å². The molecule has 1 atom stereocenters. The summed E-state index contributed by atoms with van der Waals surface area (Å²) in [5.74, 6) is -3.35. The number of nitrogens with one attached hydrogen (secondary N) is 1. The fourth-order valence-electron chi connectivity index (χ4n) is 1.01. The summed E-state index contributed by atoms with van der Waals surface area (Å²) < 4.78 is 38.6. The van der Waals surface area contributed by atoms with E-state index in [1.807, 2.05) is 6.07 Å². The molecule has 0 aliphatic rings. The van der Waals surface area contributed by atoms with Crippen molar-refractivity contribution in [1.82, 2.24) is 0 Å². The number of hydrogen-bond donors (Lipinski definition) is 1. The molecular formula is C10H9F3N2. The van der Waals surface area contributed by atoms with Gasteiger partial charge in [0, 0.05) is 18.7 Å². The molecule has 80 valence electrons. The second-order valence-electron chi connectivity index (χ2n) is 3.16. The van der Waals surface area contributed by atoms with E-state index in [1.165, 1.54) is 0 Å². The fraction of sp³-hybridized carbons (Fsp3) is 0.300. The van der Waals surface area contributed by atoms with E-state index in [4.69, 9.17) is 5.26 Å². The Morgan fingerprint density at radius 3 is 2.33 bits per heavy atom. The van der Waals surface area contributed by atoms with Gasteiger partial charge in [0.2, 0.25) is 0 Å². The predicted molar refractivity (Wildman–Crippen MR) is 49.6 cm³/mol. The van der Waals surface area contributed by atoms with Crippen molar-refractivity contribution in [2.24, 2.45) is 5.92 Å². The van der Waals surface area contributed by atoms with Crippen molar-refractivity contribution in [3.05, 3.63) is 29.6 Å². The highest BCUT2D eigenvalue weighted by Crippen LogP contribution is 2.20. The average Bonchev–Trinajstić information content (AvgIpc) is 2.15. The Hall–Kier alpha value is -1.70. The molecule has 0 aliphatic heterocycles. The molecule has 0 aromatic heterocycles. The van der Waals surface area contributed by atoms with Crippen molar-refractivity contribution in [2.45, 2.75) is 6.92 Å². The number of hydrogen-bond acceptors (Lipinski definition) is 2. The summed E-state index contributed by atoms with van der Waals surface area (Å²) in [6.07, 6.45) is 0. The lowest BCUT2D eigenvalue weighted by molar-refractivity contribution is 0.546. The van der Waals surface area contributed by atoms with Gasteiger partial charge in [-0.05, 0) is 6.92 Å². The molecule has 15 heavy (non-hydrogen) atoms. The number of halogens is 3. The van der Waals surface area contributed by atoms with Gasteiger partial charge in [-0.3, -0.25) is 0 Å². The molecule has 1 aromatic rings. The van der Waals surface area contributed by atoms with Crippen LogP contribution in [0.3, 0.4) is 0 Å². The van der Waals surface area contributed by atoms with E-state index in [2.05, 4.69) is 5.32 Å². The second kappa shape index (κ2) is 4.69. The monoisotopic (exact) mass is 214 g/mol. The minimum Gasteiger partial charge on any atom is -0.379 e. The number of anilines is 1. The molecule has 0 aliphatic carbocycles. The number of benzene rings is 1. The normalized spacial score (nSPS) is 11.9. The first-order valence-corrected chi connectivity index (χ1v) is 4.32. The van der Waals surface area contributed by atoms with Crippen molar-refractivity contribution in [3.8, 4) is 6.07 Å². The zero-order chi connectivity index (χ0) is 11.4. The molecule has 1 rings (SSSR count). The van der Waals surface area contributed by atoms with Crippen molar-refractivity contribution < 1.29 is 13.2 Å². The van der Waals surface area contributed by atoms with E-state index in [0.717, 1.165) is 0 Å². The molecule has 0 spiro atoms. The molecule has 1 N–H and O–H groups in total. The molecular weight excluding hydrogens is 205 g/mol. The Morgan fingerprint density at radius 1 is 1.33 bits per heavy atom.